The van der Waals surface area contributed by atoms with Crippen molar-refractivity contribution < 1.29 is 22.3 Å². The maximum absolute atomic E-state index is 13.0. The number of carbonyl (C=O) groups excluding carboxylic acids is 1. The summed E-state index contributed by atoms with van der Waals surface area (Å²) in [7, 11) is -3.92. The van der Waals surface area contributed by atoms with Gasteiger partial charge in [0.25, 0.3) is 15.9 Å². The van der Waals surface area contributed by atoms with Crippen molar-refractivity contribution in [2.75, 3.05) is 10.0 Å². The van der Waals surface area contributed by atoms with Gasteiger partial charge in [-0.1, -0.05) is 29.3 Å². The molecule has 0 bridgehead atoms. The van der Waals surface area contributed by atoms with Gasteiger partial charge in [0.05, 0.1) is 20.6 Å². The Labute approximate surface area is 189 Å². The number of hydrogen-bond donors (Lipinski definition) is 2. The van der Waals surface area contributed by atoms with E-state index in [0.717, 1.165) is 0 Å². The Morgan fingerprint density at radius 2 is 1.65 bits per heavy atom. The predicted molar refractivity (Wildman–Crippen MR) is 119 cm³/mol. The van der Waals surface area contributed by atoms with E-state index in [4.69, 9.17) is 27.9 Å². The van der Waals surface area contributed by atoms with E-state index in [2.05, 4.69) is 10.0 Å². The van der Waals surface area contributed by atoms with Crippen molar-refractivity contribution in [2.45, 2.75) is 17.9 Å². The number of amides is 1. The van der Waals surface area contributed by atoms with E-state index in [0.29, 0.717) is 11.4 Å². The molecule has 1 atom stereocenters. The van der Waals surface area contributed by atoms with Crippen LogP contribution in [0.4, 0.5) is 15.8 Å². The summed E-state index contributed by atoms with van der Waals surface area (Å²) in [6, 6.07) is 15.4. The highest BCUT2D eigenvalue weighted by molar-refractivity contribution is 7.92. The third-order valence-corrected chi connectivity index (χ3v) is 6.32. The Morgan fingerprint density at radius 3 is 2.29 bits per heavy atom. The first kappa shape index (κ1) is 22.9. The molecule has 0 aliphatic heterocycles. The van der Waals surface area contributed by atoms with Crippen LogP contribution < -0.4 is 14.8 Å². The minimum Gasteiger partial charge on any atom is -0.481 e. The van der Waals surface area contributed by atoms with Crippen molar-refractivity contribution in [1.29, 1.82) is 0 Å². The molecule has 0 aromatic heterocycles. The first-order chi connectivity index (χ1) is 14.7. The number of sulfonamides is 1. The van der Waals surface area contributed by atoms with Crippen LogP contribution in [-0.4, -0.2) is 20.4 Å². The van der Waals surface area contributed by atoms with Crippen molar-refractivity contribution in [3.63, 3.8) is 0 Å². The molecule has 3 rings (SSSR count). The lowest BCUT2D eigenvalue weighted by Gasteiger charge is -2.15. The summed E-state index contributed by atoms with van der Waals surface area (Å²) in [5.74, 6) is -0.522. The van der Waals surface area contributed by atoms with Crippen LogP contribution in [0.2, 0.25) is 10.0 Å². The lowest BCUT2D eigenvalue weighted by atomic mass is 10.3. The van der Waals surface area contributed by atoms with Gasteiger partial charge >= 0.3 is 0 Å². The summed E-state index contributed by atoms with van der Waals surface area (Å²) in [6.45, 7) is 1.54. The summed E-state index contributed by atoms with van der Waals surface area (Å²) in [5, 5.41) is 2.94. The molecule has 2 N–H and O–H groups in total. The van der Waals surface area contributed by atoms with Gasteiger partial charge in [-0.2, -0.15) is 0 Å². The zero-order valence-electron chi connectivity index (χ0n) is 16.1. The summed E-state index contributed by atoms with van der Waals surface area (Å²) >= 11 is 11.9. The summed E-state index contributed by atoms with van der Waals surface area (Å²) in [4.78, 5) is 12.3. The minimum atomic E-state index is -3.92. The van der Waals surface area contributed by atoms with E-state index >= 15 is 0 Å². The normalized spacial score (nSPS) is 12.1. The smallest absolute Gasteiger partial charge is 0.265 e. The van der Waals surface area contributed by atoms with E-state index in [1.165, 1.54) is 61.5 Å². The maximum atomic E-state index is 13.0. The Balaban J connectivity index is 1.65. The van der Waals surface area contributed by atoms with Gasteiger partial charge < -0.3 is 10.1 Å². The molecule has 1 amide bonds. The second-order valence-corrected chi connectivity index (χ2v) is 8.90. The number of anilines is 2. The van der Waals surface area contributed by atoms with E-state index in [1.807, 2.05) is 0 Å². The number of nitrogens with one attached hydrogen (secondary N) is 2. The third-order valence-electron chi connectivity index (χ3n) is 4.12. The van der Waals surface area contributed by atoms with Crippen LogP contribution in [0.3, 0.4) is 0 Å². The first-order valence-corrected chi connectivity index (χ1v) is 11.2. The molecule has 6 nitrogen and oxygen atoms in total. The van der Waals surface area contributed by atoms with Gasteiger partial charge in [-0.3, -0.25) is 9.52 Å². The number of benzene rings is 3. The predicted octanol–water partition coefficient (Wildman–Crippen LogP) is 5.34. The van der Waals surface area contributed by atoms with Crippen LogP contribution in [0.15, 0.2) is 71.6 Å². The molecule has 0 fully saturated rings. The number of hydrogen-bond acceptors (Lipinski definition) is 4. The molecule has 10 heteroatoms. The van der Waals surface area contributed by atoms with E-state index in [9.17, 15) is 17.6 Å². The molecule has 0 saturated heterocycles. The lowest BCUT2D eigenvalue weighted by Crippen LogP contribution is -2.30. The molecular formula is C21H17Cl2FN2O4S. The Bertz CT molecular complexity index is 1190. The first-order valence-electron chi connectivity index (χ1n) is 8.96. The molecule has 0 saturated carbocycles. The molecule has 3 aromatic carbocycles. The standard InChI is InChI=1S/C21H17Cl2FN2O4S/c1-13(30-16-9-5-14(24)6-10-16)21(27)25-15-7-11-17(12-8-15)31(28,29)26-19-4-2-3-18(22)20(19)23/h2-13,26H,1H3,(H,25,27)/t13-/m1/s1. The van der Waals surface area contributed by atoms with Crippen LogP contribution in [0.1, 0.15) is 6.92 Å². The fourth-order valence-electron chi connectivity index (χ4n) is 2.52. The van der Waals surface area contributed by atoms with Crippen molar-refractivity contribution in [1.82, 2.24) is 0 Å². The lowest BCUT2D eigenvalue weighted by molar-refractivity contribution is -0.122. The highest BCUT2D eigenvalue weighted by Gasteiger charge is 2.18. The summed E-state index contributed by atoms with van der Waals surface area (Å²) in [6.07, 6.45) is -0.861. The van der Waals surface area contributed by atoms with Crippen molar-refractivity contribution in [3.05, 3.63) is 82.6 Å². The topological polar surface area (TPSA) is 84.5 Å². The molecule has 3 aromatic rings. The summed E-state index contributed by atoms with van der Waals surface area (Å²) in [5.41, 5.74) is 0.526. The number of rotatable bonds is 7. The van der Waals surface area contributed by atoms with Gasteiger partial charge in [0.2, 0.25) is 0 Å². The molecule has 0 aliphatic rings. The molecule has 162 valence electrons. The zero-order valence-corrected chi connectivity index (χ0v) is 18.4. The Morgan fingerprint density at radius 1 is 1.00 bits per heavy atom. The minimum absolute atomic E-state index is 0.0304. The van der Waals surface area contributed by atoms with Crippen LogP contribution in [0.5, 0.6) is 5.75 Å². The average molecular weight is 483 g/mol. The second kappa shape index (κ2) is 9.55. The SMILES string of the molecule is C[C@@H](Oc1ccc(F)cc1)C(=O)Nc1ccc(S(=O)(=O)Nc2cccc(Cl)c2Cl)cc1. The molecule has 0 unspecified atom stereocenters. The Kier molecular flexibility index (Phi) is 7.04. The average Bonchev–Trinajstić information content (AvgIpc) is 2.73. The monoisotopic (exact) mass is 482 g/mol. The fraction of sp³-hybridized carbons (Fsp3) is 0.0952. The van der Waals surface area contributed by atoms with Crippen LogP contribution in [0.25, 0.3) is 0 Å². The second-order valence-electron chi connectivity index (χ2n) is 6.43. The molecule has 0 radical (unpaired) electrons. The van der Waals surface area contributed by atoms with Crippen molar-refractivity contribution in [2.24, 2.45) is 0 Å². The van der Waals surface area contributed by atoms with Crippen molar-refractivity contribution >= 4 is 50.5 Å². The van der Waals surface area contributed by atoms with E-state index < -0.39 is 27.9 Å². The number of halogens is 3. The Hall–Kier alpha value is -2.81. The molecule has 0 aliphatic carbocycles. The van der Waals surface area contributed by atoms with Gasteiger partial charge in [-0.15, -0.1) is 0 Å². The molecule has 31 heavy (non-hydrogen) atoms. The van der Waals surface area contributed by atoms with Gasteiger partial charge in [0.1, 0.15) is 11.6 Å². The highest BCUT2D eigenvalue weighted by atomic mass is 35.5. The quantitative estimate of drug-likeness (QED) is 0.475. The molecule has 0 heterocycles. The molecular weight excluding hydrogens is 466 g/mol. The van der Waals surface area contributed by atoms with Gasteiger partial charge in [0, 0.05) is 5.69 Å². The summed E-state index contributed by atoms with van der Waals surface area (Å²) < 4.78 is 46.0. The van der Waals surface area contributed by atoms with Crippen LogP contribution in [0, 0.1) is 5.82 Å². The number of ether oxygens (including phenoxy) is 1. The van der Waals surface area contributed by atoms with Crippen LogP contribution >= 0.6 is 23.2 Å². The number of carbonyl (C=O) groups is 1. The van der Waals surface area contributed by atoms with Crippen LogP contribution in [-0.2, 0) is 14.8 Å². The van der Waals surface area contributed by atoms with E-state index in [-0.39, 0.29) is 20.6 Å². The van der Waals surface area contributed by atoms with E-state index in [1.54, 1.807) is 12.1 Å². The van der Waals surface area contributed by atoms with Crippen molar-refractivity contribution in [3.8, 4) is 5.75 Å². The largest absolute Gasteiger partial charge is 0.481 e. The maximum Gasteiger partial charge on any atom is 0.265 e. The third kappa shape index (κ3) is 5.88. The van der Waals surface area contributed by atoms with Gasteiger partial charge in [0.15, 0.2) is 6.10 Å². The van der Waals surface area contributed by atoms with Gasteiger partial charge in [-0.25, -0.2) is 12.8 Å². The highest BCUT2D eigenvalue weighted by Crippen LogP contribution is 2.31. The zero-order chi connectivity index (χ0) is 22.6. The fourth-order valence-corrected chi connectivity index (χ4v) is 3.99. The van der Waals surface area contributed by atoms with Gasteiger partial charge in [-0.05, 0) is 67.6 Å². The molecule has 0 spiro atoms.